The zero-order chi connectivity index (χ0) is 16.7. The highest BCUT2D eigenvalue weighted by molar-refractivity contribution is 5.88. The van der Waals surface area contributed by atoms with Crippen LogP contribution in [-0.4, -0.2) is 62.3 Å². The Labute approximate surface area is 140 Å². The third-order valence-corrected chi connectivity index (χ3v) is 5.30. The maximum atomic E-state index is 12.7. The summed E-state index contributed by atoms with van der Waals surface area (Å²) in [5, 5.41) is 5.21. The van der Waals surface area contributed by atoms with Crippen molar-refractivity contribution in [2.75, 3.05) is 31.1 Å². The molecule has 0 unspecified atom stereocenters. The number of aromatic nitrogens is 4. The van der Waals surface area contributed by atoms with Crippen LogP contribution in [0.15, 0.2) is 12.5 Å². The van der Waals surface area contributed by atoms with Gasteiger partial charge in [0.1, 0.15) is 12.1 Å². The lowest BCUT2D eigenvalue weighted by Gasteiger charge is -2.39. The number of fused-ring (bicyclic) bond motifs is 1. The van der Waals surface area contributed by atoms with Crippen LogP contribution in [-0.2, 0) is 11.8 Å². The highest BCUT2D eigenvalue weighted by Crippen LogP contribution is 2.30. The van der Waals surface area contributed by atoms with Gasteiger partial charge < -0.3 is 15.5 Å². The number of piperazine rings is 1. The van der Waals surface area contributed by atoms with Crippen molar-refractivity contribution in [3.8, 4) is 0 Å². The van der Waals surface area contributed by atoms with Crippen LogP contribution in [0, 0.1) is 0 Å². The standard InChI is InChI=1S/C16H23N7O/c1-21-13-12(10-20-21)14(19-11-18-13)22-6-8-23(9-7-22)15(24)16(17)4-2-3-5-16/h10-11H,2-9,17H2,1H3. The Hall–Kier alpha value is -2.22. The Morgan fingerprint density at radius 2 is 1.88 bits per heavy atom. The molecule has 1 saturated carbocycles. The number of carbonyl (C=O) groups is 1. The van der Waals surface area contributed by atoms with E-state index in [9.17, 15) is 4.79 Å². The fourth-order valence-electron chi connectivity index (χ4n) is 3.86. The molecule has 0 bridgehead atoms. The van der Waals surface area contributed by atoms with Crippen molar-refractivity contribution in [1.29, 1.82) is 0 Å². The molecule has 8 nitrogen and oxygen atoms in total. The maximum absolute atomic E-state index is 12.7. The molecule has 0 aromatic carbocycles. The van der Waals surface area contributed by atoms with Gasteiger partial charge in [0.25, 0.3) is 0 Å². The van der Waals surface area contributed by atoms with E-state index >= 15 is 0 Å². The van der Waals surface area contributed by atoms with Gasteiger partial charge >= 0.3 is 0 Å². The summed E-state index contributed by atoms with van der Waals surface area (Å²) < 4.78 is 1.75. The van der Waals surface area contributed by atoms with Crippen LogP contribution >= 0.6 is 0 Å². The molecule has 1 saturated heterocycles. The summed E-state index contributed by atoms with van der Waals surface area (Å²) in [7, 11) is 1.87. The minimum Gasteiger partial charge on any atom is -0.352 e. The Morgan fingerprint density at radius 1 is 1.17 bits per heavy atom. The third kappa shape index (κ3) is 2.41. The topological polar surface area (TPSA) is 93.2 Å². The van der Waals surface area contributed by atoms with Crippen molar-refractivity contribution in [2.24, 2.45) is 12.8 Å². The Bertz CT molecular complexity index is 757. The molecule has 4 rings (SSSR count). The summed E-state index contributed by atoms with van der Waals surface area (Å²) in [5.74, 6) is 1.01. The molecule has 0 radical (unpaired) electrons. The first-order valence-electron chi connectivity index (χ1n) is 8.54. The van der Waals surface area contributed by atoms with E-state index in [-0.39, 0.29) is 5.91 Å². The number of rotatable bonds is 2. The lowest BCUT2D eigenvalue weighted by atomic mass is 9.97. The quantitative estimate of drug-likeness (QED) is 0.851. The van der Waals surface area contributed by atoms with Crippen LogP contribution in [0.4, 0.5) is 5.82 Å². The highest BCUT2D eigenvalue weighted by atomic mass is 16.2. The van der Waals surface area contributed by atoms with Gasteiger partial charge in [-0.05, 0) is 12.8 Å². The molecular weight excluding hydrogens is 306 g/mol. The zero-order valence-electron chi connectivity index (χ0n) is 14.0. The molecule has 2 aromatic heterocycles. The molecule has 1 amide bonds. The molecule has 128 valence electrons. The van der Waals surface area contributed by atoms with Gasteiger partial charge in [-0.15, -0.1) is 0 Å². The number of hydrogen-bond donors (Lipinski definition) is 1. The summed E-state index contributed by atoms with van der Waals surface area (Å²) in [6, 6.07) is 0. The van der Waals surface area contributed by atoms with Gasteiger partial charge in [-0.2, -0.15) is 5.10 Å². The Balaban J connectivity index is 1.49. The first kappa shape index (κ1) is 15.3. The number of hydrogen-bond acceptors (Lipinski definition) is 6. The van der Waals surface area contributed by atoms with E-state index in [1.807, 2.05) is 11.9 Å². The molecule has 8 heteroatoms. The molecular formula is C16H23N7O. The predicted octanol–water partition coefficient (Wildman–Crippen LogP) is 0.283. The van der Waals surface area contributed by atoms with Gasteiger partial charge in [0, 0.05) is 33.2 Å². The Kier molecular flexibility index (Phi) is 3.64. The van der Waals surface area contributed by atoms with Crippen molar-refractivity contribution in [3.63, 3.8) is 0 Å². The van der Waals surface area contributed by atoms with Gasteiger partial charge in [0.15, 0.2) is 5.65 Å². The first-order valence-corrected chi connectivity index (χ1v) is 8.54. The lowest BCUT2D eigenvalue weighted by Crippen LogP contribution is -2.58. The summed E-state index contributed by atoms with van der Waals surface area (Å²) in [6.07, 6.45) is 7.12. The summed E-state index contributed by atoms with van der Waals surface area (Å²) in [4.78, 5) is 25.6. The van der Waals surface area contributed by atoms with Crippen molar-refractivity contribution in [2.45, 2.75) is 31.2 Å². The summed E-state index contributed by atoms with van der Waals surface area (Å²) >= 11 is 0. The number of aryl methyl sites for hydroxylation is 1. The molecule has 3 heterocycles. The van der Waals surface area contributed by atoms with Gasteiger partial charge in [0.05, 0.1) is 17.1 Å². The van der Waals surface area contributed by atoms with E-state index in [1.165, 1.54) is 0 Å². The van der Waals surface area contributed by atoms with E-state index in [0.29, 0.717) is 13.1 Å². The first-order chi connectivity index (χ1) is 11.6. The van der Waals surface area contributed by atoms with E-state index < -0.39 is 5.54 Å². The maximum Gasteiger partial charge on any atom is 0.242 e. The largest absolute Gasteiger partial charge is 0.352 e. The normalized spacial score (nSPS) is 20.8. The van der Waals surface area contributed by atoms with Gasteiger partial charge in [-0.25, -0.2) is 9.97 Å². The van der Waals surface area contributed by atoms with Gasteiger partial charge in [0.2, 0.25) is 5.91 Å². The third-order valence-electron chi connectivity index (χ3n) is 5.30. The Morgan fingerprint density at radius 3 is 2.58 bits per heavy atom. The van der Waals surface area contributed by atoms with Crippen molar-refractivity contribution in [3.05, 3.63) is 12.5 Å². The molecule has 2 N–H and O–H groups in total. The molecule has 0 spiro atoms. The van der Waals surface area contributed by atoms with Crippen LogP contribution in [0.3, 0.4) is 0 Å². The molecule has 1 aliphatic heterocycles. The van der Waals surface area contributed by atoms with Crippen molar-refractivity contribution >= 4 is 22.8 Å². The second-order valence-electron chi connectivity index (χ2n) is 6.85. The SMILES string of the molecule is Cn1ncc2c(N3CCN(C(=O)C4(N)CCCC4)CC3)ncnc21. The number of carbonyl (C=O) groups excluding carboxylic acids is 1. The second kappa shape index (κ2) is 5.70. The molecule has 1 aliphatic carbocycles. The van der Waals surface area contributed by atoms with Crippen molar-refractivity contribution < 1.29 is 4.79 Å². The van der Waals surface area contributed by atoms with Crippen LogP contribution in [0.2, 0.25) is 0 Å². The molecule has 2 fully saturated rings. The number of nitrogens with two attached hydrogens (primary N) is 1. The zero-order valence-corrected chi connectivity index (χ0v) is 14.0. The minimum atomic E-state index is -0.631. The van der Waals surface area contributed by atoms with Crippen LogP contribution in [0.25, 0.3) is 11.0 Å². The van der Waals surface area contributed by atoms with Crippen LogP contribution < -0.4 is 10.6 Å². The second-order valence-corrected chi connectivity index (χ2v) is 6.85. The predicted molar refractivity (Wildman–Crippen MR) is 90.5 cm³/mol. The molecule has 24 heavy (non-hydrogen) atoms. The van der Waals surface area contributed by atoms with E-state index in [4.69, 9.17) is 5.73 Å². The van der Waals surface area contributed by atoms with E-state index in [1.54, 1.807) is 17.2 Å². The fraction of sp³-hybridized carbons (Fsp3) is 0.625. The van der Waals surface area contributed by atoms with Crippen LogP contribution in [0.5, 0.6) is 0 Å². The highest BCUT2D eigenvalue weighted by Gasteiger charge is 2.40. The molecule has 2 aromatic rings. The van der Waals surface area contributed by atoms with Gasteiger partial charge in [-0.1, -0.05) is 12.8 Å². The number of amides is 1. The molecule has 0 atom stereocenters. The molecule has 2 aliphatic rings. The van der Waals surface area contributed by atoms with E-state index in [2.05, 4.69) is 20.0 Å². The number of anilines is 1. The average molecular weight is 329 g/mol. The van der Waals surface area contributed by atoms with Gasteiger partial charge in [-0.3, -0.25) is 9.48 Å². The fourth-order valence-corrected chi connectivity index (χ4v) is 3.86. The smallest absolute Gasteiger partial charge is 0.242 e. The number of nitrogens with zero attached hydrogens (tertiary/aromatic N) is 6. The summed E-state index contributed by atoms with van der Waals surface area (Å²) in [5.41, 5.74) is 6.51. The van der Waals surface area contributed by atoms with Crippen molar-refractivity contribution in [1.82, 2.24) is 24.6 Å². The van der Waals surface area contributed by atoms with E-state index in [0.717, 1.165) is 55.6 Å². The lowest BCUT2D eigenvalue weighted by molar-refractivity contribution is -0.137. The minimum absolute atomic E-state index is 0.119. The monoisotopic (exact) mass is 329 g/mol. The summed E-state index contributed by atoms with van der Waals surface area (Å²) in [6.45, 7) is 2.87. The van der Waals surface area contributed by atoms with Crippen LogP contribution in [0.1, 0.15) is 25.7 Å². The average Bonchev–Trinajstić information content (AvgIpc) is 3.22.